The van der Waals surface area contributed by atoms with Gasteiger partial charge in [-0.1, -0.05) is 31.2 Å². The van der Waals surface area contributed by atoms with Gasteiger partial charge in [0.25, 0.3) is 0 Å². The van der Waals surface area contributed by atoms with Gasteiger partial charge in [0.2, 0.25) is 0 Å². The summed E-state index contributed by atoms with van der Waals surface area (Å²) in [4.78, 5) is 4.44. The van der Waals surface area contributed by atoms with Crippen molar-refractivity contribution in [3.05, 3.63) is 35.4 Å². The Morgan fingerprint density at radius 3 is 2.95 bits per heavy atom. The molecule has 0 amide bonds. The molecule has 1 aliphatic heterocycles. The van der Waals surface area contributed by atoms with Crippen molar-refractivity contribution in [2.24, 2.45) is 4.99 Å². The number of aliphatic imine (C=N–C) groups is 1. The van der Waals surface area contributed by atoms with Crippen LogP contribution in [-0.2, 0) is 11.8 Å². The number of aryl methyl sites for hydroxylation is 1. The standard InChI is InChI=1S/C17H25N3O.HI/c1-12(21)15-10-18-16(20-15)19-11-17(2)9-5-7-13-6-3-4-8-14(13)17;/h3-4,6,8,12,15,21H,5,7,9-11H2,1-2H3,(H2,18,19,20);1H. The number of nitrogens with one attached hydrogen (secondary N) is 2. The smallest absolute Gasteiger partial charge is 0.191 e. The zero-order valence-corrected chi connectivity index (χ0v) is 15.6. The van der Waals surface area contributed by atoms with Crippen LogP contribution in [0.5, 0.6) is 0 Å². The van der Waals surface area contributed by atoms with Crippen LogP contribution in [0.2, 0.25) is 0 Å². The Hall–Kier alpha value is -0.820. The van der Waals surface area contributed by atoms with Crippen LogP contribution < -0.4 is 10.6 Å². The lowest BCUT2D eigenvalue weighted by atomic mass is 9.71. The molecule has 1 aromatic carbocycles. The van der Waals surface area contributed by atoms with E-state index in [2.05, 4.69) is 46.8 Å². The molecule has 0 saturated carbocycles. The molecule has 22 heavy (non-hydrogen) atoms. The van der Waals surface area contributed by atoms with Gasteiger partial charge in [-0.15, -0.1) is 24.0 Å². The average Bonchev–Trinajstić information content (AvgIpc) is 2.95. The molecular formula is C17H26IN3O. The van der Waals surface area contributed by atoms with E-state index >= 15 is 0 Å². The van der Waals surface area contributed by atoms with Crippen LogP contribution >= 0.6 is 24.0 Å². The number of rotatable bonds is 3. The molecule has 3 unspecified atom stereocenters. The van der Waals surface area contributed by atoms with Gasteiger partial charge in [0.05, 0.1) is 18.7 Å². The molecule has 0 radical (unpaired) electrons. The van der Waals surface area contributed by atoms with Crippen molar-refractivity contribution in [1.82, 2.24) is 10.6 Å². The summed E-state index contributed by atoms with van der Waals surface area (Å²) in [7, 11) is 0. The second-order valence-corrected chi connectivity index (χ2v) is 6.61. The quantitative estimate of drug-likeness (QED) is 0.664. The predicted molar refractivity (Wildman–Crippen MR) is 101 cm³/mol. The van der Waals surface area contributed by atoms with E-state index in [1.807, 2.05) is 0 Å². The Labute approximate surface area is 149 Å². The highest BCUT2D eigenvalue weighted by atomic mass is 127. The molecule has 0 spiro atoms. The van der Waals surface area contributed by atoms with E-state index in [1.54, 1.807) is 6.92 Å². The van der Waals surface area contributed by atoms with Crippen molar-refractivity contribution >= 4 is 29.9 Å². The molecular weight excluding hydrogens is 389 g/mol. The molecule has 1 heterocycles. The topological polar surface area (TPSA) is 56.7 Å². The summed E-state index contributed by atoms with van der Waals surface area (Å²) in [6.07, 6.45) is 3.25. The number of hydrogen-bond donors (Lipinski definition) is 3. The Kier molecular flexibility index (Phi) is 5.71. The number of aliphatic hydroxyl groups is 1. The first-order valence-electron chi connectivity index (χ1n) is 7.90. The minimum atomic E-state index is -0.376. The number of aliphatic hydroxyl groups excluding tert-OH is 1. The van der Waals surface area contributed by atoms with Gasteiger partial charge in [-0.05, 0) is 37.3 Å². The Bertz CT molecular complexity index is 546. The van der Waals surface area contributed by atoms with Crippen LogP contribution in [0.4, 0.5) is 0 Å². The molecule has 0 aromatic heterocycles. The fourth-order valence-corrected chi connectivity index (χ4v) is 3.43. The summed E-state index contributed by atoms with van der Waals surface area (Å²) in [6.45, 7) is 5.66. The van der Waals surface area contributed by atoms with E-state index in [9.17, 15) is 5.11 Å². The predicted octanol–water partition coefficient (Wildman–Crippen LogP) is 2.20. The Balaban J connectivity index is 0.00000176. The van der Waals surface area contributed by atoms with Crippen molar-refractivity contribution < 1.29 is 5.11 Å². The molecule has 4 nitrogen and oxygen atoms in total. The summed E-state index contributed by atoms with van der Waals surface area (Å²) >= 11 is 0. The molecule has 3 atom stereocenters. The van der Waals surface area contributed by atoms with Gasteiger partial charge in [-0.25, -0.2) is 0 Å². The molecule has 0 fully saturated rings. The van der Waals surface area contributed by atoms with E-state index in [-0.39, 0.29) is 41.5 Å². The molecule has 0 saturated heterocycles. The molecule has 3 rings (SSSR count). The second kappa shape index (κ2) is 7.17. The third-order valence-corrected chi connectivity index (χ3v) is 4.84. The van der Waals surface area contributed by atoms with Crippen LogP contribution in [-0.4, -0.2) is 36.3 Å². The van der Waals surface area contributed by atoms with Crippen LogP contribution in [0.1, 0.15) is 37.8 Å². The van der Waals surface area contributed by atoms with Gasteiger partial charge in [-0.2, -0.15) is 0 Å². The lowest BCUT2D eigenvalue weighted by Crippen LogP contribution is -2.48. The van der Waals surface area contributed by atoms with E-state index in [0.717, 1.165) is 12.5 Å². The number of fused-ring (bicyclic) bond motifs is 1. The highest BCUT2D eigenvalue weighted by Gasteiger charge is 2.32. The number of halogens is 1. The summed E-state index contributed by atoms with van der Waals surface area (Å²) < 4.78 is 0. The largest absolute Gasteiger partial charge is 0.391 e. The minimum Gasteiger partial charge on any atom is -0.391 e. The van der Waals surface area contributed by atoms with Crippen molar-refractivity contribution in [3.63, 3.8) is 0 Å². The van der Waals surface area contributed by atoms with Gasteiger partial charge in [0.1, 0.15) is 0 Å². The van der Waals surface area contributed by atoms with Crippen molar-refractivity contribution in [3.8, 4) is 0 Å². The number of guanidine groups is 1. The zero-order valence-electron chi connectivity index (χ0n) is 13.3. The molecule has 2 aliphatic rings. The maximum atomic E-state index is 9.60. The monoisotopic (exact) mass is 415 g/mol. The fourth-order valence-electron chi connectivity index (χ4n) is 3.43. The maximum absolute atomic E-state index is 9.60. The fraction of sp³-hybridized carbons (Fsp3) is 0.588. The summed E-state index contributed by atoms with van der Waals surface area (Å²) in [5, 5.41) is 16.3. The van der Waals surface area contributed by atoms with Gasteiger partial charge >= 0.3 is 0 Å². The third kappa shape index (κ3) is 3.56. The number of benzene rings is 1. The van der Waals surface area contributed by atoms with Crippen LogP contribution in [0.25, 0.3) is 0 Å². The van der Waals surface area contributed by atoms with E-state index in [0.29, 0.717) is 6.54 Å². The van der Waals surface area contributed by atoms with Gasteiger partial charge in [0, 0.05) is 12.0 Å². The van der Waals surface area contributed by atoms with E-state index in [1.165, 1.54) is 30.4 Å². The highest BCUT2D eigenvalue weighted by Crippen LogP contribution is 2.36. The molecule has 122 valence electrons. The summed E-state index contributed by atoms with van der Waals surface area (Å²) in [5.74, 6) is 0.824. The van der Waals surface area contributed by atoms with Crippen molar-refractivity contribution in [2.45, 2.75) is 50.7 Å². The molecule has 1 aliphatic carbocycles. The average molecular weight is 415 g/mol. The lowest BCUT2D eigenvalue weighted by Gasteiger charge is -2.36. The summed E-state index contributed by atoms with van der Waals surface area (Å²) in [6, 6.07) is 8.82. The van der Waals surface area contributed by atoms with Gasteiger partial charge < -0.3 is 15.7 Å². The first-order valence-corrected chi connectivity index (χ1v) is 7.90. The summed E-state index contributed by atoms with van der Waals surface area (Å²) in [5.41, 5.74) is 3.10. The van der Waals surface area contributed by atoms with Gasteiger partial charge in [0.15, 0.2) is 5.96 Å². The Morgan fingerprint density at radius 1 is 1.45 bits per heavy atom. The number of nitrogens with zero attached hydrogens (tertiary/aromatic N) is 1. The van der Waals surface area contributed by atoms with Crippen LogP contribution in [0.15, 0.2) is 29.3 Å². The highest BCUT2D eigenvalue weighted by molar-refractivity contribution is 14.0. The molecule has 5 heteroatoms. The zero-order chi connectivity index (χ0) is 14.9. The Morgan fingerprint density at radius 2 is 2.23 bits per heavy atom. The van der Waals surface area contributed by atoms with Crippen molar-refractivity contribution in [1.29, 1.82) is 0 Å². The van der Waals surface area contributed by atoms with E-state index in [4.69, 9.17) is 0 Å². The normalized spacial score (nSPS) is 28.0. The first-order chi connectivity index (χ1) is 10.1. The van der Waals surface area contributed by atoms with Crippen molar-refractivity contribution in [2.75, 3.05) is 13.1 Å². The molecule has 0 bridgehead atoms. The van der Waals surface area contributed by atoms with E-state index < -0.39 is 0 Å². The lowest BCUT2D eigenvalue weighted by molar-refractivity contribution is 0.161. The maximum Gasteiger partial charge on any atom is 0.191 e. The number of hydrogen-bond acceptors (Lipinski definition) is 4. The second-order valence-electron chi connectivity index (χ2n) is 6.61. The van der Waals surface area contributed by atoms with Crippen LogP contribution in [0.3, 0.4) is 0 Å². The third-order valence-electron chi connectivity index (χ3n) is 4.84. The molecule has 3 N–H and O–H groups in total. The SMILES string of the molecule is CC(O)C1CN=C(NCC2(C)CCCc3ccccc32)N1.I. The first kappa shape index (κ1) is 17.5. The van der Waals surface area contributed by atoms with Crippen LogP contribution in [0, 0.1) is 0 Å². The van der Waals surface area contributed by atoms with Gasteiger partial charge in [-0.3, -0.25) is 4.99 Å². The molecule has 1 aromatic rings. The minimum absolute atomic E-state index is 0.